The molecule has 0 saturated heterocycles. The van der Waals surface area contributed by atoms with E-state index in [2.05, 4.69) is 25.8 Å². The van der Waals surface area contributed by atoms with Gasteiger partial charge in [0.1, 0.15) is 0 Å². The monoisotopic (exact) mass is 199 g/mol. The summed E-state index contributed by atoms with van der Waals surface area (Å²) in [4.78, 5) is 14.4. The van der Waals surface area contributed by atoms with Crippen LogP contribution >= 0.6 is 0 Å². The zero-order valence-electron chi connectivity index (χ0n) is 7.31. The van der Waals surface area contributed by atoms with E-state index in [-0.39, 0.29) is 5.82 Å². The van der Waals surface area contributed by atoms with Crippen molar-refractivity contribution in [2.45, 2.75) is 12.5 Å². The molecule has 1 aromatic heterocycles. The Hall–Kier alpha value is -1.67. The van der Waals surface area contributed by atoms with Crippen molar-refractivity contribution >= 4 is 11.6 Å². The number of anilines is 2. The van der Waals surface area contributed by atoms with Gasteiger partial charge in [-0.3, -0.25) is 0 Å². The summed E-state index contributed by atoms with van der Waals surface area (Å²) in [5, 5.41) is 20.6. The van der Waals surface area contributed by atoms with Crippen molar-refractivity contribution in [3.8, 4) is 0 Å². The fourth-order valence-corrected chi connectivity index (χ4v) is 1.15. The van der Waals surface area contributed by atoms with Gasteiger partial charge in [-0.1, -0.05) is 0 Å². The Kier molecular flexibility index (Phi) is 2.06. The van der Waals surface area contributed by atoms with Crippen LogP contribution in [0.15, 0.2) is 4.79 Å². The molecule has 0 fully saturated rings. The molecule has 0 spiro atoms. The predicted octanol–water partition coefficient (Wildman–Crippen LogP) is -1.71. The Morgan fingerprint density at radius 1 is 1.43 bits per heavy atom. The smallest absolute Gasteiger partial charge is 0.363 e. The molecule has 2 rings (SSSR count). The normalized spacial score (nSPS) is 24.7. The van der Waals surface area contributed by atoms with E-state index in [1.807, 2.05) is 0 Å². The molecule has 8 nitrogen and oxygen atoms in total. The molecule has 8 heteroatoms. The van der Waals surface area contributed by atoms with Gasteiger partial charge in [-0.05, 0) is 0 Å². The van der Waals surface area contributed by atoms with Gasteiger partial charge in [-0.25, -0.2) is 9.89 Å². The van der Waals surface area contributed by atoms with Gasteiger partial charge in [0.2, 0.25) is 0 Å². The lowest BCUT2D eigenvalue weighted by Gasteiger charge is -2.29. The van der Waals surface area contributed by atoms with Crippen LogP contribution in [-0.4, -0.2) is 39.9 Å². The van der Waals surface area contributed by atoms with Crippen LogP contribution in [0.25, 0.3) is 0 Å². The van der Waals surface area contributed by atoms with Crippen LogP contribution in [0.1, 0.15) is 0 Å². The number of aromatic amines is 1. The van der Waals surface area contributed by atoms with Crippen molar-refractivity contribution in [3.05, 3.63) is 10.5 Å². The van der Waals surface area contributed by atoms with Gasteiger partial charge < -0.3 is 20.5 Å². The van der Waals surface area contributed by atoms with Gasteiger partial charge >= 0.3 is 5.69 Å². The van der Waals surface area contributed by atoms with E-state index >= 15 is 0 Å². The zero-order chi connectivity index (χ0) is 10.1. The van der Waals surface area contributed by atoms with Crippen molar-refractivity contribution in [1.29, 1.82) is 0 Å². The fourth-order valence-electron chi connectivity index (χ4n) is 1.15. The summed E-state index contributed by atoms with van der Waals surface area (Å²) in [7, 11) is 1.44. The molecule has 0 bridgehead atoms. The summed E-state index contributed by atoms with van der Waals surface area (Å²) < 4.78 is 4.91. The molecule has 14 heavy (non-hydrogen) atoms. The van der Waals surface area contributed by atoms with E-state index in [0.717, 1.165) is 0 Å². The van der Waals surface area contributed by atoms with Crippen molar-refractivity contribution < 1.29 is 9.84 Å². The third-order valence-corrected chi connectivity index (χ3v) is 1.81. The molecular formula is C6H9N5O3. The summed E-state index contributed by atoms with van der Waals surface area (Å²) in [5.74, 6) is 0.538. The highest BCUT2D eigenvalue weighted by Crippen LogP contribution is 2.20. The summed E-state index contributed by atoms with van der Waals surface area (Å²) >= 11 is 0. The zero-order valence-corrected chi connectivity index (χ0v) is 7.31. The van der Waals surface area contributed by atoms with Gasteiger partial charge in [-0.2, -0.15) is 4.98 Å². The number of rotatable bonds is 1. The number of hydrogen-bond acceptors (Lipinski definition) is 7. The largest absolute Gasteiger partial charge is 0.369 e. The number of hydrogen-bond donors (Lipinski definition) is 4. The molecule has 2 atom stereocenters. The van der Waals surface area contributed by atoms with Crippen LogP contribution in [0.5, 0.6) is 0 Å². The van der Waals surface area contributed by atoms with E-state index in [0.29, 0.717) is 5.82 Å². The van der Waals surface area contributed by atoms with E-state index in [4.69, 9.17) is 4.74 Å². The van der Waals surface area contributed by atoms with Crippen LogP contribution in [0.2, 0.25) is 0 Å². The Morgan fingerprint density at radius 3 is 2.93 bits per heavy atom. The van der Waals surface area contributed by atoms with E-state index in [1.54, 1.807) is 0 Å². The number of nitrogens with one attached hydrogen (secondary N) is 3. The highest BCUT2D eigenvalue weighted by molar-refractivity contribution is 5.61. The van der Waals surface area contributed by atoms with E-state index < -0.39 is 18.1 Å². The van der Waals surface area contributed by atoms with Gasteiger partial charge in [-0.15, -0.1) is 5.10 Å². The molecule has 0 aliphatic carbocycles. The minimum Gasteiger partial charge on any atom is -0.369 e. The summed E-state index contributed by atoms with van der Waals surface area (Å²) in [6.07, 6.45) is -1.59. The molecule has 0 radical (unpaired) electrons. The maximum atomic E-state index is 10.8. The third-order valence-electron chi connectivity index (χ3n) is 1.81. The molecule has 0 amide bonds. The number of aromatic nitrogens is 3. The van der Waals surface area contributed by atoms with Crippen LogP contribution in [0.3, 0.4) is 0 Å². The number of fused-ring (bicyclic) bond motifs is 1. The van der Waals surface area contributed by atoms with Gasteiger partial charge in [0.25, 0.3) is 0 Å². The molecule has 0 aromatic carbocycles. The molecule has 2 heterocycles. The molecule has 76 valence electrons. The Labute approximate surface area is 78.3 Å². The first-order chi connectivity index (χ1) is 6.70. The Morgan fingerprint density at radius 2 is 2.21 bits per heavy atom. The first kappa shape index (κ1) is 8.91. The maximum Gasteiger partial charge on any atom is 0.363 e. The second-order valence-electron chi connectivity index (χ2n) is 2.73. The van der Waals surface area contributed by atoms with Gasteiger partial charge in [0, 0.05) is 7.11 Å². The highest BCUT2D eigenvalue weighted by Gasteiger charge is 2.27. The number of ether oxygens (including phenoxy) is 1. The summed E-state index contributed by atoms with van der Waals surface area (Å²) in [6, 6.07) is 0. The number of nitrogens with zero attached hydrogens (tertiary/aromatic N) is 2. The maximum absolute atomic E-state index is 10.8. The molecule has 0 saturated carbocycles. The van der Waals surface area contributed by atoms with Crippen molar-refractivity contribution in [3.63, 3.8) is 0 Å². The molecule has 0 unspecified atom stereocenters. The van der Waals surface area contributed by atoms with E-state index in [9.17, 15) is 9.90 Å². The molecule has 4 N–H and O–H groups in total. The van der Waals surface area contributed by atoms with Crippen molar-refractivity contribution in [2.75, 3.05) is 17.7 Å². The van der Waals surface area contributed by atoms with Crippen LogP contribution in [0.4, 0.5) is 11.6 Å². The van der Waals surface area contributed by atoms with Gasteiger partial charge in [0.05, 0.1) is 0 Å². The average molecular weight is 199 g/mol. The summed E-state index contributed by atoms with van der Waals surface area (Å²) in [5.41, 5.74) is -0.582. The molecule has 1 aliphatic rings. The first-order valence-electron chi connectivity index (χ1n) is 3.91. The Bertz CT molecular complexity index is 391. The lowest BCUT2D eigenvalue weighted by Crippen LogP contribution is -2.45. The Balaban J connectivity index is 2.35. The van der Waals surface area contributed by atoms with E-state index in [1.165, 1.54) is 7.11 Å². The third kappa shape index (κ3) is 1.40. The highest BCUT2D eigenvalue weighted by atomic mass is 16.5. The average Bonchev–Trinajstić information content (AvgIpc) is 2.16. The number of H-pyrrole nitrogens is 1. The van der Waals surface area contributed by atoms with Crippen LogP contribution < -0.4 is 16.3 Å². The molecular weight excluding hydrogens is 190 g/mol. The number of aliphatic hydroxyl groups excluding tert-OH is 1. The second kappa shape index (κ2) is 3.24. The first-order valence-corrected chi connectivity index (χ1v) is 3.91. The SMILES string of the molecule is CO[C@@H]1Nc2n[nH]c(=O)nc2N[C@H]1O. The molecule has 1 aromatic rings. The topological polar surface area (TPSA) is 112 Å². The van der Waals surface area contributed by atoms with Crippen LogP contribution in [0, 0.1) is 0 Å². The number of aliphatic hydroxyl groups is 1. The predicted molar refractivity (Wildman–Crippen MR) is 46.7 cm³/mol. The minimum atomic E-state index is -0.969. The van der Waals surface area contributed by atoms with Gasteiger partial charge in [0.15, 0.2) is 24.1 Å². The molecule has 1 aliphatic heterocycles. The fraction of sp³-hybridized carbons (Fsp3) is 0.500. The van der Waals surface area contributed by atoms with Crippen molar-refractivity contribution in [1.82, 2.24) is 15.2 Å². The quantitative estimate of drug-likeness (QED) is 0.426. The number of methoxy groups -OCH3 is 1. The van der Waals surface area contributed by atoms with Crippen LogP contribution in [-0.2, 0) is 4.74 Å². The lowest BCUT2D eigenvalue weighted by molar-refractivity contribution is 0.0173. The standard InChI is InChI=1S/C6H9N5O3/c1-14-5-4(12)7-2-3(8-5)10-11-6(13)9-2/h4-5,12H,1H3,(H,8,10)(H2,7,9,11,13)/t4-,5-/m0/s1. The second-order valence-corrected chi connectivity index (χ2v) is 2.73. The lowest BCUT2D eigenvalue weighted by atomic mass is 10.3. The summed E-state index contributed by atoms with van der Waals surface area (Å²) in [6.45, 7) is 0. The minimum absolute atomic E-state index is 0.203. The van der Waals surface area contributed by atoms with Crippen molar-refractivity contribution in [2.24, 2.45) is 0 Å².